The van der Waals surface area contributed by atoms with Crippen LogP contribution in [0.1, 0.15) is 18.4 Å². The smallest absolute Gasteiger partial charge is 0.323 e. The number of anilines is 1. The van der Waals surface area contributed by atoms with Gasteiger partial charge in [0.05, 0.1) is 0 Å². The number of carboxylic acids is 1. The molecule has 0 unspecified atom stereocenters. The molecular formula is C13H14F2N2O3. The molecule has 1 fully saturated rings. The molecule has 0 bridgehead atoms. The van der Waals surface area contributed by atoms with E-state index in [1.807, 2.05) is 0 Å². The summed E-state index contributed by atoms with van der Waals surface area (Å²) in [6.07, 6.45) is 1.39. The van der Waals surface area contributed by atoms with Crippen LogP contribution in [0.5, 0.6) is 0 Å². The van der Waals surface area contributed by atoms with Crippen LogP contribution in [0, 0.1) is 18.6 Å². The molecule has 0 atom stereocenters. The van der Waals surface area contributed by atoms with Crippen LogP contribution < -0.4 is 5.32 Å². The normalized spacial score (nSPS) is 13.9. The summed E-state index contributed by atoms with van der Waals surface area (Å²) >= 11 is 0. The van der Waals surface area contributed by atoms with Gasteiger partial charge in [-0.05, 0) is 31.4 Å². The predicted molar refractivity (Wildman–Crippen MR) is 67.5 cm³/mol. The Hall–Kier alpha value is -2.18. The topological polar surface area (TPSA) is 69.6 Å². The zero-order valence-corrected chi connectivity index (χ0v) is 10.8. The Balaban J connectivity index is 2.18. The number of carboxylic acid groups (broad SMARTS) is 1. The highest BCUT2D eigenvalue weighted by molar-refractivity contribution is 5.92. The van der Waals surface area contributed by atoms with Crippen molar-refractivity contribution in [1.29, 1.82) is 0 Å². The van der Waals surface area contributed by atoms with Gasteiger partial charge >= 0.3 is 12.0 Å². The van der Waals surface area contributed by atoms with Gasteiger partial charge in [-0.25, -0.2) is 13.6 Å². The molecule has 5 nitrogen and oxygen atoms in total. The number of nitrogens with zero attached hydrogens (tertiary/aromatic N) is 1. The Morgan fingerprint density at radius 3 is 2.60 bits per heavy atom. The third-order valence-electron chi connectivity index (χ3n) is 3.07. The highest BCUT2D eigenvalue weighted by Gasteiger charge is 2.34. The molecule has 1 aliphatic rings. The lowest BCUT2D eigenvalue weighted by atomic mass is 10.2. The summed E-state index contributed by atoms with van der Waals surface area (Å²) in [6, 6.07) is 1.32. The van der Waals surface area contributed by atoms with Gasteiger partial charge in [0.25, 0.3) is 0 Å². The number of urea groups is 1. The Morgan fingerprint density at radius 2 is 2.05 bits per heavy atom. The number of rotatable bonds is 4. The van der Waals surface area contributed by atoms with E-state index in [1.165, 1.54) is 13.0 Å². The molecule has 1 saturated carbocycles. The quantitative estimate of drug-likeness (QED) is 0.891. The van der Waals surface area contributed by atoms with Gasteiger partial charge in [0.1, 0.15) is 18.0 Å². The van der Waals surface area contributed by atoms with Crippen molar-refractivity contribution < 1.29 is 23.5 Å². The number of aliphatic carboxylic acids is 1. The summed E-state index contributed by atoms with van der Waals surface area (Å²) in [5.74, 6) is -2.92. The van der Waals surface area contributed by atoms with Crippen molar-refractivity contribution in [3.05, 3.63) is 29.3 Å². The predicted octanol–water partition coefficient (Wildman–Crippen LogP) is 2.35. The zero-order valence-electron chi connectivity index (χ0n) is 10.8. The zero-order chi connectivity index (χ0) is 14.9. The number of hydrogen-bond donors (Lipinski definition) is 2. The van der Waals surface area contributed by atoms with Crippen LogP contribution in [0.15, 0.2) is 12.1 Å². The van der Waals surface area contributed by atoms with Gasteiger partial charge in [0.15, 0.2) is 5.82 Å². The minimum Gasteiger partial charge on any atom is -0.480 e. The van der Waals surface area contributed by atoms with Gasteiger partial charge < -0.3 is 15.3 Å². The van der Waals surface area contributed by atoms with Crippen molar-refractivity contribution >= 4 is 17.7 Å². The van der Waals surface area contributed by atoms with Crippen LogP contribution in [0.2, 0.25) is 0 Å². The lowest BCUT2D eigenvalue weighted by molar-refractivity contribution is -0.137. The van der Waals surface area contributed by atoms with Crippen molar-refractivity contribution in [2.45, 2.75) is 25.8 Å². The number of benzene rings is 1. The van der Waals surface area contributed by atoms with Crippen molar-refractivity contribution in [1.82, 2.24) is 4.90 Å². The maximum absolute atomic E-state index is 13.8. The van der Waals surface area contributed by atoms with Crippen LogP contribution in [-0.4, -0.2) is 34.6 Å². The third kappa shape index (κ3) is 3.04. The lowest BCUT2D eigenvalue weighted by Gasteiger charge is -2.21. The summed E-state index contributed by atoms with van der Waals surface area (Å²) in [5, 5.41) is 10.9. The van der Waals surface area contributed by atoms with Gasteiger partial charge in [-0.1, -0.05) is 6.07 Å². The molecule has 0 radical (unpaired) electrons. The van der Waals surface area contributed by atoms with E-state index in [2.05, 4.69) is 5.32 Å². The number of hydrogen-bond acceptors (Lipinski definition) is 2. The molecule has 2 N–H and O–H groups in total. The van der Waals surface area contributed by atoms with E-state index >= 15 is 0 Å². The van der Waals surface area contributed by atoms with Gasteiger partial charge in [0.2, 0.25) is 0 Å². The molecule has 1 aromatic rings. The molecule has 1 aromatic carbocycles. The maximum atomic E-state index is 13.8. The van der Waals surface area contributed by atoms with Gasteiger partial charge in [0, 0.05) is 6.04 Å². The molecule has 0 saturated heterocycles. The Bertz CT molecular complexity index is 559. The first-order valence-corrected chi connectivity index (χ1v) is 6.14. The van der Waals surface area contributed by atoms with Gasteiger partial charge in [-0.2, -0.15) is 0 Å². The molecular weight excluding hydrogens is 270 g/mol. The fourth-order valence-electron chi connectivity index (χ4n) is 1.85. The largest absolute Gasteiger partial charge is 0.480 e. The van der Waals surface area contributed by atoms with E-state index in [0.29, 0.717) is 12.8 Å². The second kappa shape index (κ2) is 5.44. The number of aryl methyl sites for hydroxylation is 1. The molecule has 1 aliphatic carbocycles. The highest BCUT2D eigenvalue weighted by Crippen LogP contribution is 2.28. The molecule has 20 heavy (non-hydrogen) atoms. The Labute approximate surface area is 114 Å². The van der Waals surface area contributed by atoms with E-state index in [1.54, 1.807) is 0 Å². The van der Waals surface area contributed by atoms with Crippen LogP contribution in [0.4, 0.5) is 19.3 Å². The first-order chi connectivity index (χ1) is 9.40. The fourth-order valence-corrected chi connectivity index (χ4v) is 1.85. The van der Waals surface area contributed by atoms with E-state index in [9.17, 15) is 18.4 Å². The van der Waals surface area contributed by atoms with Crippen molar-refractivity contribution in [2.75, 3.05) is 11.9 Å². The minimum absolute atomic E-state index is 0.179. The minimum atomic E-state index is -1.17. The van der Waals surface area contributed by atoms with Gasteiger partial charge in [-0.3, -0.25) is 4.79 Å². The molecule has 0 aliphatic heterocycles. The average Bonchev–Trinajstić information content (AvgIpc) is 3.20. The van der Waals surface area contributed by atoms with Crippen molar-refractivity contribution in [3.63, 3.8) is 0 Å². The first kappa shape index (κ1) is 14.2. The number of carbonyl (C=O) groups is 2. The third-order valence-corrected chi connectivity index (χ3v) is 3.07. The summed E-state index contributed by atoms with van der Waals surface area (Å²) in [6.45, 7) is 0.950. The molecule has 2 rings (SSSR count). The number of nitrogens with one attached hydrogen (secondary N) is 1. The first-order valence-electron chi connectivity index (χ1n) is 6.14. The monoisotopic (exact) mass is 284 g/mol. The Kier molecular flexibility index (Phi) is 3.87. The Morgan fingerprint density at radius 1 is 1.40 bits per heavy atom. The van der Waals surface area contributed by atoms with Crippen LogP contribution in [0.3, 0.4) is 0 Å². The second-order valence-electron chi connectivity index (χ2n) is 4.74. The second-order valence-corrected chi connectivity index (χ2v) is 4.74. The molecule has 108 valence electrons. The SMILES string of the molecule is Cc1ccc(F)c(NC(=O)N(CC(=O)O)C2CC2)c1F. The highest BCUT2D eigenvalue weighted by atomic mass is 19.1. The van der Waals surface area contributed by atoms with Crippen LogP contribution in [-0.2, 0) is 4.79 Å². The van der Waals surface area contributed by atoms with Crippen LogP contribution >= 0.6 is 0 Å². The average molecular weight is 284 g/mol. The molecule has 7 heteroatoms. The molecule has 0 spiro atoms. The van der Waals surface area contributed by atoms with Crippen molar-refractivity contribution in [2.24, 2.45) is 0 Å². The number of halogens is 2. The summed E-state index contributed by atoms with van der Waals surface area (Å²) in [5.41, 5.74) is -0.357. The van der Waals surface area contributed by atoms with E-state index in [0.717, 1.165) is 11.0 Å². The number of amides is 2. The van der Waals surface area contributed by atoms with Crippen molar-refractivity contribution in [3.8, 4) is 0 Å². The molecule has 0 aromatic heterocycles. The fraction of sp³-hybridized carbons (Fsp3) is 0.385. The summed E-state index contributed by atoms with van der Waals surface area (Å²) in [7, 11) is 0. The molecule has 2 amide bonds. The van der Waals surface area contributed by atoms with E-state index in [4.69, 9.17) is 5.11 Å². The van der Waals surface area contributed by atoms with E-state index in [-0.39, 0.29) is 11.6 Å². The summed E-state index contributed by atoms with van der Waals surface area (Å²) < 4.78 is 27.3. The van der Waals surface area contributed by atoms with Crippen LogP contribution in [0.25, 0.3) is 0 Å². The summed E-state index contributed by atoms with van der Waals surface area (Å²) in [4.78, 5) is 23.8. The number of carbonyl (C=O) groups excluding carboxylic acids is 1. The standard InChI is InChI=1S/C13H14F2N2O3/c1-7-2-5-9(14)12(11(7)15)16-13(20)17(6-10(18)19)8-3-4-8/h2,5,8H,3-4,6H2,1H3,(H,16,20)(H,18,19). The lowest BCUT2D eigenvalue weighted by Crippen LogP contribution is -2.40. The maximum Gasteiger partial charge on any atom is 0.323 e. The van der Waals surface area contributed by atoms with E-state index < -0.39 is 35.9 Å². The molecule has 0 heterocycles. The van der Waals surface area contributed by atoms with Gasteiger partial charge in [-0.15, -0.1) is 0 Å².